The molecule has 0 saturated heterocycles. The molecule has 4 heteroatoms. The summed E-state index contributed by atoms with van der Waals surface area (Å²) in [4.78, 5) is 2.35. The molecule has 328 valence electrons. The molecule has 0 spiro atoms. The standard InChI is InChI=1S/C66H42N2O2/c1-2-14-50(15-3-1)68-60-42-49(34-41-57(60)65-59-18-7-9-22-62(59)70-66(65)68)45-30-37-52(38-31-45)67(53-39-32-47(33-40-53)55-19-10-13-46-12-4-5-16-54(46)55)51-35-28-44(29-36-51)43-24-26-48(27-25-43)56-20-11-23-63-64(56)58-17-6-8-21-61(58)69-63/h1-42H. The van der Waals surface area contributed by atoms with Crippen molar-refractivity contribution in [3.63, 3.8) is 0 Å². The van der Waals surface area contributed by atoms with E-state index in [0.29, 0.717) is 0 Å². The number of fused-ring (bicyclic) bond motifs is 9. The van der Waals surface area contributed by atoms with Gasteiger partial charge in [-0.2, -0.15) is 0 Å². The number of rotatable bonds is 8. The van der Waals surface area contributed by atoms with Gasteiger partial charge < -0.3 is 13.7 Å². The molecule has 0 aliphatic rings. The van der Waals surface area contributed by atoms with Gasteiger partial charge >= 0.3 is 0 Å². The van der Waals surface area contributed by atoms with E-state index in [9.17, 15) is 0 Å². The van der Waals surface area contributed by atoms with E-state index >= 15 is 0 Å². The minimum Gasteiger partial charge on any atom is -0.456 e. The first-order chi connectivity index (χ1) is 34.7. The molecule has 0 N–H and O–H groups in total. The average molecular weight is 895 g/mol. The second-order valence-electron chi connectivity index (χ2n) is 18.0. The van der Waals surface area contributed by atoms with Gasteiger partial charge in [-0.15, -0.1) is 0 Å². The van der Waals surface area contributed by atoms with Crippen LogP contribution in [0.4, 0.5) is 17.1 Å². The summed E-state index contributed by atoms with van der Waals surface area (Å²) < 4.78 is 15.0. The Hall–Kier alpha value is -9.38. The zero-order chi connectivity index (χ0) is 46.1. The minimum atomic E-state index is 0.858. The lowest BCUT2D eigenvalue weighted by Crippen LogP contribution is -2.09. The van der Waals surface area contributed by atoms with Gasteiger partial charge in [0.2, 0.25) is 5.71 Å². The average Bonchev–Trinajstić information content (AvgIpc) is 4.11. The summed E-state index contributed by atoms with van der Waals surface area (Å²) in [5.41, 5.74) is 18.3. The Labute approximate surface area is 404 Å². The van der Waals surface area contributed by atoms with E-state index in [-0.39, 0.29) is 0 Å². The van der Waals surface area contributed by atoms with Crippen LogP contribution in [0.25, 0.3) is 116 Å². The Morgan fingerprint density at radius 1 is 0.300 bits per heavy atom. The summed E-state index contributed by atoms with van der Waals surface area (Å²) in [5, 5.41) is 8.20. The number of furan rings is 2. The SMILES string of the molecule is c1ccc(-n2c3cc(-c4ccc(N(c5ccc(-c6ccc(-c7cccc8oc9ccccc9c78)cc6)cc5)c5ccc(-c6cccc7ccccc67)cc5)cc4)ccc3c3c4ccccc4oc32)cc1. The van der Waals surface area contributed by atoms with E-state index in [0.717, 1.165) is 100 Å². The van der Waals surface area contributed by atoms with Gasteiger partial charge in [-0.25, -0.2) is 0 Å². The second kappa shape index (κ2) is 16.2. The Balaban J connectivity index is 0.831. The van der Waals surface area contributed by atoms with Crippen molar-refractivity contribution < 1.29 is 8.83 Å². The highest BCUT2D eigenvalue weighted by Gasteiger charge is 2.21. The summed E-state index contributed by atoms with van der Waals surface area (Å²) in [6, 6.07) is 91.1. The highest BCUT2D eigenvalue weighted by Crippen LogP contribution is 2.43. The highest BCUT2D eigenvalue weighted by molar-refractivity contribution is 6.20. The molecule has 0 radical (unpaired) electrons. The van der Waals surface area contributed by atoms with Crippen molar-refractivity contribution in [2.75, 3.05) is 4.90 Å². The molecule has 0 fully saturated rings. The van der Waals surface area contributed by atoms with Crippen LogP contribution in [0, 0.1) is 0 Å². The lowest BCUT2D eigenvalue weighted by molar-refractivity contribution is 0.645. The maximum atomic E-state index is 6.58. The Morgan fingerprint density at radius 3 is 1.47 bits per heavy atom. The van der Waals surface area contributed by atoms with Crippen LogP contribution in [-0.2, 0) is 0 Å². The van der Waals surface area contributed by atoms with E-state index < -0.39 is 0 Å². The third-order valence-electron chi connectivity index (χ3n) is 14.0. The molecule has 0 unspecified atom stereocenters. The van der Waals surface area contributed by atoms with Gasteiger partial charge in [0.15, 0.2) is 0 Å². The molecule has 14 aromatic rings. The predicted molar refractivity (Wildman–Crippen MR) is 292 cm³/mol. The number of aromatic nitrogens is 1. The molecule has 0 bridgehead atoms. The van der Waals surface area contributed by atoms with E-state index in [2.05, 4.69) is 240 Å². The molecular formula is C66H42N2O2. The van der Waals surface area contributed by atoms with Crippen LogP contribution in [0.2, 0.25) is 0 Å². The number of nitrogens with zero attached hydrogens (tertiary/aromatic N) is 2. The summed E-state index contributed by atoms with van der Waals surface area (Å²) in [6.07, 6.45) is 0. The molecule has 0 saturated carbocycles. The molecule has 4 nitrogen and oxygen atoms in total. The third kappa shape index (κ3) is 6.53. The Morgan fingerprint density at radius 2 is 0.771 bits per heavy atom. The summed E-state index contributed by atoms with van der Waals surface area (Å²) in [6.45, 7) is 0. The topological polar surface area (TPSA) is 34.5 Å². The quantitative estimate of drug-likeness (QED) is 0.152. The molecule has 0 aliphatic heterocycles. The van der Waals surface area contributed by atoms with Gasteiger partial charge in [0.1, 0.15) is 16.7 Å². The van der Waals surface area contributed by atoms with Crippen molar-refractivity contribution in [1.82, 2.24) is 4.57 Å². The van der Waals surface area contributed by atoms with Crippen LogP contribution < -0.4 is 4.90 Å². The van der Waals surface area contributed by atoms with Crippen molar-refractivity contribution in [3.8, 4) is 50.2 Å². The van der Waals surface area contributed by atoms with Gasteiger partial charge in [0, 0.05) is 44.3 Å². The number of anilines is 3. The zero-order valence-electron chi connectivity index (χ0n) is 38.0. The number of benzene rings is 11. The first-order valence-corrected chi connectivity index (χ1v) is 23.8. The number of hydrogen-bond acceptors (Lipinski definition) is 3. The molecule has 0 amide bonds. The number of para-hydroxylation sites is 3. The molecule has 0 atom stereocenters. The van der Waals surface area contributed by atoms with E-state index in [4.69, 9.17) is 8.83 Å². The monoisotopic (exact) mass is 894 g/mol. The number of hydrogen-bond donors (Lipinski definition) is 0. The van der Waals surface area contributed by atoms with Crippen molar-refractivity contribution in [1.29, 1.82) is 0 Å². The van der Waals surface area contributed by atoms with Crippen LogP contribution >= 0.6 is 0 Å². The lowest BCUT2D eigenvalue weighted by atomic mass is 9.96. The normalized spacial score (nSPS) is 11.7. The molecule has 11 aromatic carbocycles. The molecule has 14 rings (SSSR count). The van der Waals surface area contributed by atoms with E-state index in [1.807, 2.05) is 24.3 Å². The molecular weight excluding hydrogens is 853 g/mol. The fourth-order valence-corrected chi connectivity index (χ4v) is 10.7. The Bertz CT molecular complexity index is 4250. The highest BCUT2D eigenvalue weighted by atomic mass is 16.3. The largest absolute Gasteiger partial charge is 0.456 e. The smallest absolute Gasteiger partial charge is 0.213 e. The fraction of sp³-hybridized carbons (Fsp3) is 0. The van der Waals surface area contributed by atoms with Crippen molar-refractivity contribution in [2.45, 2.75) is 0 Å². The first-order valence-electron chi connectivity index (χ1n) is 23.8. The molecule has 3 aromatic heterocycles. The van der Waals surface area contributed by atoms with Gasteiger partial charge in [-0.05, 0) is 128 Å². The first kappa shape index (κ1) is 39.8. The Kier molecular flexibility index (Phi) is 9.17. The van der Waals surface area contributed by atoms with Crippen LogP contribution in [0.1, 0.15) is 0 Å². The molecule has 70 heavy (non-hydrogen) atoms. The van der Waals surface area contributed by atoms with Gasteiger partial charge in [0.25, 0.3) is 0 Å². The van der Waals surface area contributed by atoms with Crippen LogP contribution in [0.15, 0.2) is 264 Å². The fourth-order valence-electron chi connectivity index (χ4n) is 10.7. The third-order valence-corrected chi connectivity index (χ3v) is 14.0. The van der Waals surface area contributed by atoms with Gasteiger partial charge in [0.05, 0.1) is 10.9 Å². The summed E-state index contributed by atoms with van der Waals surface area (Å²) in [7, 11) is 0. The minimum absolute atomic E-state index is 0.858. The zero-order valence-corrected chi connectivity index (χ0v) is 38.0. The van der Waals surface area contributed by atoms with Crippen LogP contribution in [0.5, 0.6) is 0 Å². The van der Waals surface area contributed by atoms with Gasteiger partial charge in [-0.3, -0.25) is 4.57 Å². The van der Waals surface area contributed by atoms with Crippen molar-refractivity contribution in [3.05, 3.63) is 255 Å². The van der Waals surface area contributed by atoms with Crippen molar-refractivity contribution in [2.24, 2.45) is 0 Å². The second-order valence-corrected chi connectivity index (χ2v) is 18.0. The lowest BCUT2D eigenvalue weighted by Gasteiger charge is -2.26. The van der Waals surface area contributed by atoms with E-state index in [1.54, 1.807) is 0 Å². The van der Waals surface area contributed by atoms with Gasteiger partial charge in [-0.1, -0.05) is 182 Å². The molecule has 3 heterocycles. The van der Waals surface area contributed by atoms with Crippen LogP contribution in [0.3, 0.4) is 0 Å². The van der Waals surface area contributed by atoms with Crippen LogP contribution in [-0.4, -0.2) is 4.57 Å². The van der Waals surface area contributed by atoms with Crippen molar-refractivity contribution >= 4 is 82.7 Å². The maximum absolute atomic E-state index is 6.58. The molecule has 0 aliphatic carbocycles. The summed E-state index contributed by atoms with van der Waals surface area (Å²) in [5.74, 6) is 0. The predicted octanol–water partition coefficient (Wildman–Crippen LogP) is 18.7. The maximum Gasteiger partial charge on any atom is 0.213 e. The summed E-state index contributed by atoms with van der Waals surface area (Å²) >= 11 is 0. The van der Waals surface area contributed by atoms with E-state index in [1.165, 1.54) is 32.8 Å².